The summed E-state index contributed by atoms with van der Waals surface area (Å²) in [6.45, 7) is 1.93. The molecule has 0 saturated heterocycles. The third-order valence-electron chi connectivity index (χ3n) is 4.45. The zero-order valence-corrected chi connectivity index (χ0v) is 14.3. The Morgan fingerprint density at radius 1 is 0.962 bits per heavy atom. The minimum absolute atomic E-state index is 0.0201. The predicted molar refractivity (Wildman–Crippen MR) is 101 cm³/mol. The number of nitrogens with zero attached hydrogens (tertiary/aromatic N) is 2. The molecule has 2 aromatic carbocycles. The van der Waals surface area contributed by atoms with E-state index in [-0.39, 0.29) is 11.7 Å². The van der Waals surface area contributed by atoms with Crippen LogP contribution in [0.2, 0.25) is 0 Å². The number of rotatable bonds is 2. The van der Waals surface area contributed by atoms with Crippen LogP contribution in [0.4, 0.5) is 17.2 Å². The Kier molecular flexibility index (Phi) is 3.97. The number of anilines is 3. The highest BCUT2D eigenvalue weighted by atomic mass is 16.2. The Bertz CT molecular complexity index is 996. The van der Waals surface area contributed by atoms with E-state index >= 15 is 0 Å². The van der Waals surface area contributed by atoms with E-state index in [0.29, 0.717) is 17.7 Å². The van der Waals surface area contributed by atoms with Gasteiger partial charge in [-0.25, -0.2) is 4.98 Å². The van der Waals surface area contributed by atoms with Crippen molar-refractivity contribution in [3.05, 3.63) is 83.6 Å². The Morgan fingerprint density at radius 2 is 1.69 bits per heavy atom. The van der Waals surface area contributed by atoms with E-state index in [9.17, 15) is 9.59 Å². The highest BCUT2D eigenvalue weighted by molar-refractivity contribution is 6.08. The topological polar surface area (TPSA) is 62.3 Å². The van der Waals surface area contributed by atoms with Crippen LogP contribution in [0.1, 0.15) is 33.2 Å². The first-order chi connectivity index (χ1) is 12.6. The van der Waals surface area contributed by atoms with Crippen molar-refractivity contribution in [3.8, 4) is 0 Å². The lowest BCUT2D eigenvalue weighted by Crippen LogP contribution is -2.30. The van der Waals surface area contributed by atoms with Crippen molar-refractivity contribution in [2.24, 2.45) is 0 Å². The number of ketones is 1. The molecule has 0 radical (unpaired) electrons. The maximum Gasteiger partial charge on any atom is 0.258 e. The molecule has 1 aliphatic heterocycles. The first-order valence-corrected chi connectivity index (χ1v) is 8.36. The second kappa shape index (κ2) is 6.44. The minimum Gasteiger partial charge on any atom is -0.338 e. The fraction of sp³-hybridized carbons (Fsp3) is 0.0952. The lowest BCUT2D eigenvalue weighted by atomic mass is 10.1. The quantitative estimate of drug-likeness (QED) is 0.709. The van der Waals surface area contributed by atoms with Crippen LogP contribution < -0.4 is 10.2 Å². The molecule has 0 aliphatic carbocycles. The maximum absolute atomic E-state index is 13.2. The van der Waals surface area contributed by atoms with Crippen molar-refractivity contribution in [3.63, 3.8) is 0 Å². The van der Waals surface area contributed by atoms with Crippen molar-refractivity contribution < 1.29 is 9.59 Å². The van der Waals surface area contributed by atoms with E-state index in [0.717, 1.165) is 22.8 Å². The van der Waals surface area contributed by atoms with E-state index in [1.807, 2.05) is 36.4 Å². The average Bonchev–Trinajstić information content (AvgIpc) is 2.84. The summed E-state index contributed by atoms with van der Waals surface area (Å²) in [5.41, 5.74) is 3.70. The number of para-hydroxylation sites is 2. The van der Waals surface area contributed by atoms with Gasteiger partial charge in [0.15, 0.2) is 5.78 Å². The molecule has 0 spiro atoms. The van der Waals surface area contributed by atoms with Crippen LogP contribution in [0.5, 0.6) is 0 Å². The molecule has 1 aromatic heterocycles. The summed E-state index contributed by atoms with van der Waals surface area (Å²) in [6, 6.07) is 18.3. The highest BCUT2D eigenvalue weighted by Gasteiger charge is 2.25. The summed E-state index contributed by atoms with van der Waals surface area (Å²) in [4.78, 5) is 30.8. The number of Topliss-reactive ketones (excluding diaryl/α,β-unsaturated/α-hetero) is 1. The standard InChI is InChI=1S/C21H17N3O2/c1-14(25)15-8-10-16(11-9-15)21(26)24-13-17-5-4-12-22-20(17)23-18-6-2-3-7-19(18)24/h2-12H,13H2,1H3,(H,22,23). The summed E-state index contributed by atoms with van der Waals surface area (Å²) in [5, 5.41) is 3.31. The molecule has 2 heterocycles. The lowest BCUT2D eigenvalue weighted by Gasteiger charge is -2.22. The maximum atomic E-state index is 13.2. The molecule has 3 aromatic rings. The number of hydrogen-bond donors (Lipinski definition) is 1. The van der Waals surface area contributed by atoms with Crippen molar-refractivity contribution in [2.75, 3.05) is 10.2 Å². The number of nitrogens with one attached hydrogen (secondary N) is 1. The minimum atomic E-state index is -0.119. The smallest absolute Gasteiger partial charge is 0.258 e. The van der Waals surface area contributed by atoms with Gasteiger partial charge < -0.3 is 10.2 Å². The summed E-state index contributed by atoms with van der Waals surface area (Å²) >= 11 is 0. The number of fused-ring (bicyclic) bond motifs is 2. The number of benzene rings is 2. The third kappa shape index (κ3) is 2.84. The third-order valence-corrected chi connectivity index (χ3v) is 4.45. The molecule has 5 heteroatoms. The van der Waals surface area contributed by atoms with Gasteiger partial charge in [0.05, 0.1) is 17.9 Å². The Labute approximate surface area is 151 Å². The van der Waals surface area contributed by atoms with Crippen molar-refractivity contribution in [2.45, 2.75) is 13.5 Å². The number of carbonyl (C=O) groups excluding carboxylic acids is 2. The van der Waals surface area contributed by atoms with Gasteiger partial charge in [0, 0.05) is 22.9 Å². The first kappa shape index (κ1) is 16.0. The average molecular weight is 343 g/mol. The zero-order valence-electron chi connectivity index (χ0n) is 14.3. The fourth-order valence-electron chi connectivity index (χ4n) is 3.06. The molecule has 0 fully saturated rings. The number of hydrogen-bond acceptors (Lipinski definition) is 4. The molecular weight excluding hydrogens is 326 g/mol. The van der Waals surface area contributed by atoms with E-state index in [1.165, 1.54) is 6.92 Å². The molecule has 0 atom stereocenters. The van der Waals surface area contributed by atoms with Crippen LogP contribution in [-0.2, 0) is 6.54 Å². The summed E-state index contributed by atoms with van der Waals surface area (Å²) < 4.78 is 0. The van der Waals surface area contributed by atoms with Crippen LogP contribution in [-0.4, -0.2) is 16.7 Å². The summed E-state index contributed by atoms with van der Waals surface area (Å²) in [6.07, 6.45) is 1.73. The SMILES string of the molecule is CC(=O)c1ccc(C(=O)N2Cc3cccnc3Nc3ccccc32)cc1. The zero-order chi connectivity index (χ0) is 18.1. The number of amides is 1. The number of pyridine rings is 1. The van der Waals surface area contributed by atoms with Gasteiger partial charge in [0.25, 0.3) is 5.91 Å². The molecule has 1 aliphatic rings. The second-order valence-corrected chi connectivity index (χ2v) is 6.18. The monoisotopic (exact) mass is 343 g/mol. The Hall–Kier alpha value is -3.47. The summed E-state index contributed by atoms with van der Waals surface area (Å²) in [5.74, 6) is 0.613. The molecule has 0 unspecified atom stereocenters. The Balaban J connectivity index is 1.76. The molecular formula is C21H17N3O2. The van der Waals surface area contributed by atoms with Gasteiger partial charge in [0.2, 0.25) is 0 Å². The molecule has 5 nitrogen and oxygen atoms in total. The van der Waals surface area contributed by atoms with Crippen LogP contribution in [0.25, 0.3) is 0 Å². The van der Waals surface area contributed by atoms with Crippen molar-refractivity contribution in [1.82, 2.24) is 4.98 Å². The Morgan fingerprint density at radius 3 is 2.46 bits per heavy atom. The van der Waals surface area contributed by atoms with E-state index in [2.05, 4.69) is 10.3 Å². The number of aromatic nitrogens is 1. The molecule has 128 valence electrons. The second-order valence-electron chi connectivity index (χ2n) is 6.18. The molecule has 4 rings (SSSR count). The van der Waals surface area contributed by atoms with Crippen molar-refractivity contribution >= 4 is 28.9 Å². The van der Waals surface area contributed by atoms with Crippen LogP contribution in [0.3, 0.4) is 0 Å². The predicted octanol–water partition coefficient (Wildman–Crippen LogP) is 4.19. The van der Waals surface area contributed by atoms with Gasteiger partial charge >= 0.3 is 0 Å². The van der Waals surface area contributed by atoms with Crippen molar-refractivity contribution in [1.29, 1.82) is 0 Å². The van der Waals surface area contributed by atoms with Gasteiger partial charge in [-0.15, -0.1) is 0 Å². The normalized spacial score (nSPS) is 12.4. The van der Waals surface area contributed by atoms with Gasteiger partial charge in [-0.3, -0.25) is 9.59 Å². The molecule has 1 N–H and O–H groups in total. The van der Waals surface area contributed by atoms with Crippen LogP contribution in [0.15, 0.2) is 66.9 Å². The summed E-state index contributed by atoms with van der Waals surface area (Å²) in [7, 11) is 0. The first-order valence-electron chi connectivity index (χ1n) is 8.36. The largest absolute Gasteiger partial charge is 0.338 e. The fourth-order valence-corrected chi connectivity index (χ4v) is 3.06. The van der Waals surface area contributed by atoms with Gasteiger partial charge in [-0.05, 0) is 37.3 Å². The lowest BCUT2D eigenvalue weighted by molar-refractivity contribution is 0.0981. The van der Waals surface area contributed by atoms with Gasteiger partial charge in [-0.1, -0.05) is 30.3 Å². The molecule has 26 heavy (non-hydrogen) atoms. The van der Waals surface area contributed by atoms with Crippen LogP contribution in [0, 0.1) is 0 Å². The molecule has 0 bridgehead atoms. The van der Waals surface area contributed by atoms with Gasteiger partial charge in [0.1, 0.15) is 5.82 Å². The van der Waals surface area contributed by atoms with E-state index in [1.54, 1.807) is 35.4 Å². The van der Waals surface area contributed by atoms with Gasteiger partial charge in [-0.2, -0.15) is 0 Å². The highest BCUT2D eigenvalue weighted by Crippen LogP contribution is 2.35. The van der Waals surface area contributed by atoms with E-state index < -0.39 is 0 Å². The van der Waals surface area contributed by atoms with E-state index in [4.69, 9.17) is 0 Å². The molecule has 1 amide bonds. The van der Waals surface area contributed by atoms with Crippen LogP contribution >= 0.6 is 0 Å². The molecule has 0 saturated carbocycles. The number of carbonyl (C=O) groups is 2.